The zero-order valence-electron chi connectivity index (χ0n) is 10.2. The minimum absolute atomic E-state index is 0.0496. The summed E-state index contributed by atoms with van der Waals surface area (Å²) in [4.78, 5) is 18.9. The van der Waals surface area contributed by atoms with Crippen LogP contribution in [0.15, 0.2) is 42.7 Å². The van der Waals surface area contributed by atoms with Gasteiger partial charge < -0.3 is 10.3 Å². The number of halogens is 2. The van der Waals surface area contributed by atoms with Crippen LogP contribution in [0.5, 0.6) is 0 Å². The number of H-pyrrole nitrogens is 1. The first kappa shape index (κ1) is 12.3. The predicted molar refractivity (Wildman–Crippen MR) is 70.4 cm³/mol. The Morgan fingerprint density at radius 1 is 1.10 bits per heavy atom. The van der Waals surface area contributed by atoms with E-state index >= 15 is 0 Å². The van der Waals surface area contributed by atoms with E-state index in [1.54, 1.807) is 24.5 Å². The number of rotatable bonds is 2. The van der Waals surface area contributed by atoms with Crippen LogP contribution in [0.3, 0.4) is 0 Å². The van der Waals surface area contributed by atoms with E-state index in [1.807, 2.05) is 0 Å². The number of carbonyl (C=O) groups is 1. The highest BCUT2D eigenvalue weighted by Gasteiger charge is 2.10. The van der Waals surface area contributed by atoms with Gasteiger partial charge in [-0.2, -0.15) is 0 Å². The topological polar surface area (TPSA) is 57.8 Å². The number of hydrogen-bond donors (Lipinski definition) is 2. The molecule has 0 aliphatic heterocycles. The minimum atomic E-state index is -1.05. The third-order valence-electron chi connectivity index (χ3n) is 2.86. The number of nitrogens with zero attached hydrogens (tertiary/aromatic N) is 1. The molecule has 3 rings (SSSR count). The van der Waals surface area contributed by atoms with E-state index in [-0.39, 0.29) is 5.56 Å². The summed E-state index contributed by atoms with van der Waals surface area (Å²) in [5.74, 6) is -2.55. The van der Waals surface area contributed by atoms with Gasteiger partial charge in [-0.1, -0.05) is 0 Å². The van der Waals surface area contributed by atoms with Crippen LogP contribution in [-0.4, -0.2) is 15.9 Å². The molecule has 0 aliphatic carbocycles. The van der Waals surface area contributed by atoms with Crippen LogP contribution < -0.4 is 5.32 Å². The van der Waals surface area contributed by atoms with Gasteiger partial charge in [0.15, 0.2) is 11.6 Å². The van der Waals surface area contributed by atoms with Gasteiger partial charge >= 0.3 is 0 Å². The summed E-state index contributed by atoms with van der Waals surface area (Å²) in [6.45, 7) is 0. The standard InChI is InChI=1S/C14H9F2N3O/c15-10-3-1-8(5-11(10)16)14(20)19-9-2-4-12-13(6-9)18-7-17-12/h1-7H,(H,17,18)(H,19,20). The van der Waals surface area contributed by atoms with Crippen molar-refractivity contribution in [1.29, 1.82) is 0 Å². The van der Waals surface area contributed by atoms with Gasteiger partial charge in [0.2, 0.25) is 0 Å². The van der Waals surface area contributed by atoms with Crippen LogP contribution in [0, 0.1) is 11.6 Å². The van der Waals surface area contributed by atoms with Gasteiger partial charge in [-0.05, 0) is 36.4 Å². The lowest BCUT2D eigenvalue weighted by Gasteiger charge is -2.05. The number of benzene rings is 2. The summed E-state index contributed by atoms with van der Waals surface area (Å²) >= 11 is 0. The van der Waals surface area contributed by atoms with Crippen LogP contribution in [-0.2, 0) is 0 Å². The van der Waals surface area contributed by atoms with Gasteiger partial charge in [0.25, 0.3) is 5.91 Å². The van der Waals surface area contributed by atoms with Crippen LogP contribution in [0.1, 0.15) is 10.4 Å². The molecule has 0 bridgehead atoms. The van der Waals surface area contributed by atoms with Crippen molar-refractivity contribution in [3.8, 4) is 0 Å². The third-order valence-corrected chi connectivity index (χ3v) is 2.86. The second kappa shape index (κ2) is 4.73. The molecule has 1 heterocycles. The molecule has 20 heavy (non-hydrogen) atoms. The van der Waals surface area contributed by atoms with Gasteiger partial charge in [0, 0.05) is 11.3 Å². The molecular formula is C14H9F2N3O. The van der Waals surface area contributed by atoms with Crippen LogP contribution in [0.2, 0.25) is 0 Å². The second-order valence-electron chi connectivity index (χ2n) is 4.22. The Labute approximate surface area is 112 Å². The highest BCUT2D eigenvalue weighted by atomic mass is 19.2. The first-order chi connectivity index (χ1) is 9.63. The van der Waals surface area contributed by atoms with E-state index in [9.17, 15) is 13.6 Å². The fourth-order valence-electron chi connectivity index (χ4n) is 1.85. The summed E-state index contributed by atoms with van der Waals surface area (Å²) in [6, 6.07) is 8.14. The van der Waals surface area contributed by atoms with Gasteiger partial charge in [0.1, 0.15) is 0 Å². The average Bonchev–Trinajstić information content (AvgIpc) is 2.89. The van der Waals surface area contributed by atoms with E-state index in [0.717, 1.165) is 23.2 Å². The zero-order chi connectivity index (χ0) is 14.1. The largest absolute Gasteiger partial charge is 0.345 e. The number of nitrogens with one attached hydrogen (secondary N) is 2. The minimum Gasteiger partial charge on any atom is -0.345 e. The smallest absolute Gasteiger partial charge is 0.255 e. The Kier molecular flexibility index (Phi) is 2.90. The number of anilines is 1. The average molecular weight is 273 g/mol. The Balaban J connectivity index is 1.85. The van der Waals surface area contributed by atoms with Crippen molar-refractivity contribution in [3.05, 3.63) is 59.9 Å². The number of fused-ring (bicyclic) bond motifs is 1. The fraction of sp³-hybridized carbons (Fsp3) is 0. The Bertz CT molecular complexity index is 798. The molecule has 4 nitrogen and oxygen atoms in total. The monoisotopic (exact) mass is 273 g/mol. The first-order valence-electron chi connectivity index (χ1n) is 5.83. The normalized spacial score (nSPS) is 10.7. The molecule has 0 spiro atoms. The van der Waals surface area contributed by atoms with Crippen LogP contribution in [0.4, 0.5) is 14.5 Å². The van der Waals surface area contributed by atoms with Gasteiger partial charge in [0.05, 0.1) is 17.4 Å². The molecule has 0 atom stereocenters. The van der Waals surface area contributed by atoms with Crippen molar-refractivity contribution in [2.45, 2.75) is 0 Å². The maximum atomic E-state index is 13.1. The van der Waals surface area contributed by atoms with Crippen molar-refractivity contribution >= 4 is 22.6 Å². The van der Waals surface area contributed by atoms with Gasteiger partial charge in [-0.15, -0.1) is 0 Å². The summed E-state index contributed by atoms with van der Waals surface area (Å²) in [7, 11) is 0. The predicted octanol–water partition coefficient (Wildman–Crippen LogP) is 3.09. The summed E-state index contributed by atoms with van der Waals surface area (Å²) in [5, 5.41) is 2.61. The first-order valence-corrected chi connectivity index (χ1v) is 5.83. The van der Waals surface area contributed by atoms with Gasteiger partial charge in [-0.25, -0.2) is 13.8 Å². The highest BCUT2D eigenvalue weighted by Crippen LogP contribution is 2.17. The van der Waals surface area contributed by atoms with Crippen molar-refractivity contribution < 1.29 is 13.6 Å². The van der Waals surface area contributed by atoms with E-state index in [1.165, 1.54) is 6.07 Å². The van der Waals surface area contributed by atoms with Crippen molar-refractivity contribution in [2.75, 3.05) is 5.32 Å². The zero-order valence-corrected chi connectivity index (χ0v) is 10.2. The van der Waals surface area contributed by atoms with Crippen LogP contribution in [0.25, 0.3) is 11.0 Å². The molecule has 3 aromatic rings. The third kappa shape index (κ3) is 2.23. The number of aromatic nitrogens is 2. The van der Waals surface area contributed by atoms with Gasteiger partial charge in [-0.3, -0.25) is 4.79 Å². The quantitative estimate of drug-likeness (QED) is 0.753. The Morgan fingerprint density at radius 3 is 2.75 bits per heavy atom. The van der Waals surface area contributed by atoms with E-state index in [0.29, 0.717) is 5.69 Å². The fourth-order valence-corrected chi connectivity index (χ4v) is 1.85. The molecule has 0 saturated heterocycles. The molecule has 0 aliphatic rings. The Morgan fingerprint density at radius 2 is 1.95 bits per heavy atom. The summed E-state index contributed by atoms with van der Waals surface area (Å²) in [6.07, 6.45) is 1.55. The second-order valence-corrected chi connectivity index (χ2v) is 4.22. The molecule has 2 N–H and O–H groups in total. The molecule has 0 saturated carbocycles. The molecule has 0 radical (unpaired) electrons. The van der Waals surface area contributed by atoms with Crippen molar-refractivity contribution in [2.24, 2.45) is 0 Å². The maximum Gasteiger partial charge on any atom is 0.255 e. The molecular weight excluding hydrogens is 264 g/mol. The molecule has 1 amide bonds. The molecule has 1 aromatic heterocycles. The maximum absolute atomic E-state index is 13.1. The lowest BCUT2D eigenvalue weighted by atomic mass is 10.2. The SMILES string of the molecule is O=C(Nc1ccc2nc[nH]c2c1)c1ccc(F)c(F)c1. The lowest BCUT2D eigenvalue weighted by molar-refractivity contribution is 0.102. The highest BCUT2D eigenvalue weighted by molar-refractivity contribution is 6.04. The van der Waals surface area contributed by atoms with E-state index in [4.69, 9.17) is 0 Å². The summed E-state index contributed by atoms with van der Waals surface area (Å²) in [5.41, 5.74) is 2.13. The van der Waals surface area contributed by atoms with E-state index in [2.05, 4.69) is 15.3 Å². The number of aromatic amines is 1. The molecule has 2 aromatic carbocycles. The molecule has 0 unspecified atom stereocenters. The lowest BCUT2D eigenvalue weighted by Crippen LogP contribution is -2.12. The Hall–Kier alpha value is -2.76. The van der Waals surface area contributed by atoms with Crippen molar-refractivity contribution in [1.82, 2.24) is 9.97 Å². The summed E-state index contributed by atoms with van der Waals surface area (Å²) < 4.78 is 25.9. The molecule has 6 heteroatoms. The number of amides is 1. The van der Waals surface area contributed by atoms with E-state index < -0.39 is 17.5 Å². The number of hydrogen-bond acceptors (Lipinski definition) is 2. The number of carbonyl (C=O) groups excluding carboxylic acids is 1. The molecule has 100 valence electrons. The van der Waals surface area contributed by atoms with Crippen LogP contribution >= 0.6 is 0 Å². The van der Waals surface area contributed by atoms with Crippen molar-refractivity contribution in [3.63, 3.8) is 0 Å². The number of imidazole rings is 1. The molecule has 0 fully saturated rings.